The Hall–Kier alpha value is -4.62. The van der Waals surface area contributed by atoms with Crippen LogP contribution in [0.15, 0.2) is 54.9 Å². The summed E-state index contributed by atoms with van der Waals surface area (Å²) in [6, 6.07) is 15.6. The van der Waals surface area contributed by atoms with Crippen molar-refractivity contribution in [3.05, 3.63) is 60.6 Å². The van der Waals surface area contributed by atoms with E-state index in [4.69, 9.17) is 15.6 Å². The fraction of sp³-hybridized carbons (Fsp3) is 0.500. The quantitative estimate of drug-likeness (QED) is 0.125. The molecule has 10 rings (SSSR count). The number of ether oxygens (including phenoxy) is 1. The second-order valence-electron chi connectivity index (χ2n) is 16.6. The minimum Gasteiger partial charge on any atom is -0.495 e. The number of fused-ring (bicyclic) bond motifs is 2. The van der Waals surface area contributed by atoms with E-state index in [1.807, 2.05) is 64.8 Å². The molecule has 2 aromatic carbocycles. The number of anilines is 2. The maximum Gasteiger partial charge on any atom is 0.279 e. The van der Waals surface area contributed by atoms with Crippen LogP contribution in [0, 0.1) is 23.2 Å². The number of piperidine rings is 1. The molecule has 2 amide bonds. The van der Waals surface area contributed by atoms with Gasteiger partial charge in [0.05, 0.1) is 24.2 Å². The molecule has 5 aromatic rings. The minimum atomic E-state index is -0.229. The number of nitrogens with two attached hydrogens (primary N) is 1. The molecule has 55 heavy (non-hydrogen) atoms. The zero-order valence-electron chi connectivity index (χ0n) is 31.8. The zero-order chi connectivity index (χ0) is 37.7. The number of hydrogen-bond acceptors (Lipinski definition) is 9. The lowest BCUT2D eigenvalue weighted by Crippen LogP contribution is -2.46. The predicted molar refractivity (Wildman–Crippen MR) is 218 cm³/mol. The molecule has 3 aromatic heterocycles. The molecule has 0 unspecified atom stereocenters. The normalized spacial score (nSPS) is 23.8. The summed E-state index contributed by atoms with van der Waals surface area (Å²) in [4.78, 5) is 37.5. The average molecular weight is 762 g/mol. The van der Waals surface area contributed by atoms with E-state index in [1.165, 1.54) is 63.0 Å². The first-order valence-corrected chi connectivity index (χ1v) is 20.9. The highest BCUT2D eigenvalue weighted by Gasteiger charge is 2.50. The Morgan fingerprint density at radius 2 is 1.75 bits per heavy atom. The number of likely N-dealkylation sites (tertiary alicyclic amines) is 1. The molecule has 4 N–H and O–H groups in total. The Labute approximate surface area is 326 Å². The lowest BCUT2D eigenvalue weighted by atomic mass is 9.49. The van der Waals surface area contributed by atoms with Crippen LogP contribution in [0.2, 0.25) is 0 Å². The number of aryl methyl sites for hydroxylation is 1. The summed E-state index contributed by atoms with van der Waals surface area (Å²) in [6.07, 6.45) is 13.1. The van der Waals surface area contributed by atoms with Gasteiger partial charge in [-0.05, 0) is 105 Å². The van der Waals surface area contributed by atoms with Crippen molar-refractivity contribution in [2.75, 3.05) is 50.1 Å². The third-order valence-corrected chi connectivity index (χ3v) is 13.9. The maximum atomic E-state index is 13.4. The average Bonchev–Trinajstić information content (AvgIpc) is 3.74. The van der Waals surface area contributed by atoms with Gasteiger partial charge in [0.15, 0.2) is 5.65 Å². The first-order valence-electron chi connectivity index (χ1n) is 19.9. The molecule has 4 saturated carbocycles. The number of methoxy groups -OCH3 is 1. The van der Waals surface area contributed by atoms with Gasteiger partial charge in [0.2, 0.25) is 0 Å². The Morgan fingerprint density at radius 1 is 1.00 bits per heavy atom. The molecule has 4 heterocycles. The number of rotatable bonds is 11. The van der Waals surface area contributed by atoms with Gasteiger partial charge in [0.25, 0.3) is 11.1 Å². The number of para-hydroxylation sites is 1. The third kappa shape index (κ3) is 7.05. The van der Waals surface area contributed by atoms with Gasteiger partial charge in [-0.15, -0.1) is 0 Å². The fourth-order valence-corrected chi connectivity index (χ4v) is 11.7. The number of benzene rings is 2. The molecule has 4 aliphatic carbocycles. The number of nitrogens with zero attached hydrogens (tertiary/aromatic N) is 6. The monoisotopic (exact) mass is 761 g/mol. The Kier molecular flexibility index (Phi) is 9.70. The van der Waals surface area contributed by atoms with E-state index >= 15 is 0 Å². The van der Waals surface area contributed by atoms with E-state index in [0.29, 0.717) is 51.6 Å². The van der Waals surface area contributed by atoms with E-state index in [9.17, 15) is 9.59 Å². The number of hydrogen-bond donors (Lipinski definition) is 3. The van der Waals surface area contributed by atoms with Crippen LogP contribution in [0.1, 0.15) is 74.3 Å². The fourth-order valence-electron chi connectivity index (χ4n) is 10.8. The van der Waals surface area contributed by atoms with Gasteiger partial charge in [-0.1, -0.05) is 36.0 Å². The summed E-state index contributed by atoms with van der Waals surface area (Å²) in [5.41, 5.74) is 11.2. The van der Waals surface area contributed by atoms with Crippen LogP contribution in [0.4, 0.5) is 16.3 Å². The van der Waals surface area contributed by atoms with E-state index in [2.05, 4.69) is 25.5 Å². The van der Waals surface area contributed by atoms with Gasteiger partial charge in [0.1, 0.15) is 29.3 Å². The molecular formula is C42H51N9O3S. The SMILES string of the molecule is COc1cc(-c2nn(C3CCN(CCNC(=O)SCCC45CC6CC(CC(C6)C4)C5)CC3)c3ncnc(N)c23)ccc1NC(=O)c1cc2ccccc2n1C. The number of nitrogens with one attached hydrogen (secondary N) is 2. The number of nitrogen functional groups attached to an aromatic ring is 1. The first kappa shape index (κ1) is 36.0. The van der Waals surface area contributed by atoms with Crippen molar-refractivity contribution < 1.29 is 14.3 Å². The topological polar surface area (TPSA) is 145 Å². The second-order valence-corrected chi connectivity index (χ2v) is 17.6. The highest BCUT2D eigenvalue weighted by Crippen LogP contribution is 2.61. The molecule has 1 saturated heterocycles. The third-order valence-electron chi connectivity index (χ3n) is 13.1. The lowest BCUT2D eigenvalue weighted by molar-refractivity contribution is -0.0538. The molecule has 5 aliphatic rings. The van der Waals surface area contributed by atoms with Crippen LogP contribution in [0.5, 0.6) is 5.75 Å². The molecule has 288 valence electrons. The first-order chi connectivity index (χ1) is 26.8. The standard InChI is InChI=1S/C42H51N9O3S/c1-49-33-6-4-3-5-29(33)20-34(49)40(52)47-32-8-7-30(21-35(32)54-2)37-36-38(43)45-25-46-39(36)51(48-37)31-9-13-50(14-10-31)15-12-44-41(53)55-16-11-42-22-26-17-27(23-42)19-28(18-26)24-42/h3-8,20-21,25-28,31H,9-19,22-24H2,1-2H3,(H,44,53)(H,47,52)(H2,43,45,46). The molecular weight excluding hydrogens is 711 g/mol. The Morgan fingerprint density at radius 3 is 2.47 bits per heavy atom. The van der Waals surface area contributed by atoms with Crippen molar-refractivity contribution in [2.45, 2.75) is 63.8 Å². The maximum absolute atomic E-state index is 13.4. The van der Waals surface area contributed by atoms with Gasteiger partial charge >= 0.3 is 0 Å². The summed E-state index contributed by atoms with van der Waals surface area (Å²) >= 11 is 1.49. The molecule has 0 atom stereocenters. The van der Waals surface area contributed by atoms with E-state index in [0.717, 1.165) is 72.4 Å². The van der Waals surface area contributed by atoms with Crippen LogP contribution < -0.4 is 21.1 Å². The molecule has 0 radical (unpaired) electrons. The number of thioether (sulfide) groups is 1. The van der Waals surface area contributed by atoms with E-state index in [1.54, 1.807) is 7.11 Å². The van der Waals surface area contributed by atoms with Crippen molar-refractivity contribution in [1.82, 2.24) is 34.5 Å². The van der Waals surface area contributed by atoms with Crippen LogP contribution >= 0.6 is 11.8 Å². The summed E-state index contributed by atoms with van der Waals surface area (Å²) in [5.74, 6) is 4.46. The highest BCUT2D eigenvalue weighted by atomic mass is 32.2. The van der Waals surface area contributed by atoms with Crippen molar-refractivity contribution in [3.8, 4) is 17.0 Å². The Bertz CT molecular complexity index is 2200. The van der Waals surface area contributed by atoms with Crippen molar-refractivity contribution in [1.29, 1.82) is 0 Å². The number of amides is 2. The van der Waals surface area contributed by atoms with Gasteiger partial charge in [-0.2, -0.15) is 5.10 Å². The summed E-state index contributed by atoms with van der Waals surface area (Å²) in [5, 5.41) is 13.1. The Balaban J connectivity index is 0.813. The number of carbonyl (C=O) groups is 2. The summed E-state index contributed by atoms with van der Waals surface area (Å²) < 4.78 is 9.66. The van der Waals surface area contributed by atoms with Gasteiger partial charge < -0.3 is 30.6 Å². The predicted octanol–water partition coefficient (Wildman–Crippen LogP) is 7.51. The highest BCUT2D eigenvalue weighted by molar-refractivity contribution is 8.13. The second kappa shape index (κ2) is 14.8. The molecule has 13 heteroatoms. The van der Waals surface area contributed by atoms with Crippen LogP contribution in [-0.4, -0.2) is 79.4 Å². The molecule has 4 bridgehead atoms. The molecule has 5 fully saturated rings. The van der Waals surface area contributed by atoms with Gasteiger partial charge in [0, 0.05) is 55.4 Å². The van der Waals surface area contributed by atoms with Crippen LogP contribution in [0.3, 0.4) is 0 Å². The number of aromatic nitrogens is 5. The largest absolute Gasteiger partial charge is 0.495 e. The van der Waals surface area contributed by atoms with E-state index < -0.39 is 0 Å². The van der Waals surface area contributed by atoms with Gasteiger partial charge in [-0.25, -0.2) is 14.6 Å². The molecule has 0 spiro atoms. The smallest absolute Gasteiger partial charge is 0.279 e. The van der Waals surface area contributed by atoms with Crippen LogP contribution in [0.25, 0.3) is 33.2 Å². The summed E-state index contributed by atoms with van der Waals surface area (Å²) in [7, 11) is 3.47. The van der Waals surface area contributed by atoms with Gasteiger partial charge in [-0.3, -0.25) is 9.59 Å². The molecule has 1 aliphatic heterocycles. The minimum absolute atomic E-state index is 0.115. The zero-order valence-corrected chi connectivity index (χ0v) is 32.6. The van der Waals surface area contributed by atoms with Crippen molar-refractivity contribution in [2.24, 2.45) is 30.2 Å². The van der Waals surface area contributed by atoms with Crippen molar-refractivity contribution >= 4 is 56.3 Å². The lowest BCUT2D eigenvalue weighted by Gasteiger charge is -2.57. The molecule has 12 nitrogen and oxygen atoms in total. The van der Waals surface area contributed by atoms with Crippen LogP contribution in [-0.2, 0) is 7.05 Å². The van der Waals surface area contributed by atoms with Crippen molar-refractivity contribution in [3.63, 3.8) is 0 Å². The van der Waals surface area contributed by atoms with E-state index in [-0.39, 0.29) is 17.2 Å². The number of carbonyl (C=O) groups excluding carboxylic acids is 2. The summed E-state index contributed by atoms with van der Waals surface area (Å²) in [6.45, 7) is 3.29.